The van der Waals surface area contributed by atoms with E-state index in [0.29, 0.717) is 0 Å². The zero-order valence-corrected chi connectivity index (χ0v) is 12.0. The van der Waals surface area contributed by atoms with Crippen LogP contribution >= 0.6 is 0 Å². The number of aromatic hydroxyl groups is 1. The van der Waals surface area contributed by atoms with E-state index in [0.717, 1.165) is 18.2 Å². The number of rotatable bonds is 6. The third-order valence-corrected chi connectivity index (χ3v) is 4.31. The van der Waals surface area contributed by atoms with Crippen molar-refractivity contribution in [3.05, 3.63) is 18.2 Å². The summed E-state index contributed by atoms with van der Waals surface area (Å²) in [7, 11) is -8.70. The Bertz CT molecular complexity index is 741. The molecule has 5 N–H and O–H groups in total. The second-order valence-corrected chi connectivity index (χ2v) is 6.94. The van der Waals surface area contributed by atoms with Crippen LogP contribution < -0.4 is 11.1 Å². The molecule has 0 saturated heterocycles. The van der Waals surface area contributed by atoms with Gasteiger partial charge >= 0.3 is 16.4 Å². The van der Waals surface area contributed by atoms with E-state index >= 15 is 0 Å². The van der Waals surface area contributed by atoms with Crippen LogP contribution in [0.5, 0.6) is 5.75 Å². The molecule has 0 unspecified atom stereocenters. The molecule has 1 aromatic rings. The number of nitrogens with one attached hydrogen (secondary N) is 1. The highest BCUT2D eigenvalue weighted by molar-refractivity contribution is 7.91. The van der Waals surface area contributed by atoms with Gasteiger partial charge in [0.2, 0.25) is 0 Å². The second-order valence-electron chi connectivity index (χ2n) is 3.74. The number of benzene rings is 1. The number of phenolic OH excluding ortho intramolecular Hbond substituents is 1. The molecular weight excluding hydrogens is 328 g/mol. The maximum Gasteiger partial charge on any atom is 0.397 e. The molecule has 0 aliphatic carbocycles. The Morgan fingerprint density at radius 3 is 2.43 bits per heavy atom. The highest BCUT2D eigenvalue weighted by atomic mass is 32.3. The number of hydrogen-bond donors (Lipinski definition) is 4. The van der Waals surface area contributed by atoms with Crippen molar-refractivity contribution in [3.63, 3.8) is 0 Å². The Labute approximate surface area is 120 Å². The minimum Gasteiger partial charge on any atom is -0.506 e. The maximum absolute atomic E-state index is 11.9. The molecule has 0 atom stereocenters. The molecule has 0 aromatic heterocycles. The lowest BCUT2D eigenvalue weighted by Gasteiger charge is -2.08. The molecule has 1 rings (SSSR count). The molecule has 118 valence electrons. The third-order valence-electron chi connectivity index (χ3n) is 2.17. The van der Waals surface area contributed by atoms with Gasteiger partial charge in [-0.15, -0.1) is 0 Å². The van der Waals surface area contributed by atoms with Gasteiger partial charge in [-0.2, -0.15) is 8.42 Å². The van der Waals surface area contributed by atoms with Crippen LogP contribution in [0, 0.1) is 0 Å². The summed E-state index contributed by atoms with van der Waals surface area (Å²) in [5, 5.41) is 11.5. The van der Waals surface area contributed by atoms with Gasteiger partial charge in [0.05, 0.1) is 22.9 Å². The first-order chi connectivity index (χ1) is 9.51. The number of carbonyl (C=O) groups is 1. The van der Waals surface area contributed by atoms with Crippen LogP contribution in [0.15, 0.2) is 23.1 Å². The topological polar surface area (TPSA) is 173 Å². The Balaban J connectivity index is 2.95. The molecule has 0 bridgehead atoms. The van der Waals surface area contributed by atoms with E-state index in [1.807, 2.05) is 5.32 Å². The average Bonchev–Trinajstić information content (AvgIpc) is 2.29. The minimum absolute atomic E-state index is 0.223. The minimum atomic E-state index is -4.74. The van der Waals surface area contributed by atoms with E-state index in [-0.39, 0.29) is 10.6 Å². The zero-order chi connectivity index (χ0) is 16.3. The van der Waals surface area contributed by atoms with Gasteiger partial charge in [-0.25, -0.2) is 17.4 Å². The largest absolute Gasteiger partial charge is 0.506 e. The van der Waals surface area contributed by atoms with Gasteiger partial charge in [0.25, 0.3) is 0 Å². The Morgan fingerprint density at radius 1 is 1.29 bits per heavy atom. The summed E-state index contributed by atoms with van der Waals surface area (Å²) in [6.07, 6.45) is 0. The number of carbonyl (C=O) groups excluding carboxylic acids is 1. The quantitative estimate of drug-likeness (QED) is 0.395. The van der Waals surface area contributed by atoms with E-state index in [4.69, 9.17) is 10.3 Å². The second kappa shape index (κ2) is 6.26. The predicted molar refractivity (Wildman–Crippen MR) is 70.9 cm³/mol. The number of anilines is 1. The van der Waals surface area contributed by atoms with Crippen LogP contribution in [0.4, 0.5) is 10.5 Å². The van der Waals surface area contributed by atoms with Crippen LogP contribution in [0.25, 0.3) is 0 Å². The Kier molecular flexibility index (Phi) is 5.11. The molecule has 0 fully saturated rings. The van der Waals surface area contributed by atoms with Gasteiger partial charge in [-0.1, -0.05) is 0 Å². The Hall–Kier alpha value is -1.89. The van der Waals surface area contributed by atoms with Crippen LogP contribution in [-0.4, -0.2) is 44.9 Å². The van der Waals surface area contributed by atoms with Crippen LogP contribution in [0.2, 0.25) is 0 Å². The molecule has 21 heavy (non-hydrogen) atoms. The van der Waals surface area contributed by atoms with E-state index in [9.17, 15) is 26.7 Å². The van der Waals surface area contributed by atoms with Crippen molar-refractivity contribution >= 4 is 32.0 Å². The number of amides is 2. The number of urea groups is 1. The lowest BCUT2D eigenvalue weighted by atomic mass is 10.3. The molecule has 12 heteroatoms. The predicted octanol–water partition coefficient (Wildman–Crippen LogP) is -0.524. The van der Waals surface area contributed by atoms with Gasteiger partial charge in [0, 0.05) is 0 Å². The molecule has 0 radical (unpaired) electrons. The highest BCUT2D eigenvalue weighted by Crippen LogP contribution is 2.26. The van der Waals surface area contributed by atoms with Gasteiger partial charge in [0.15, 0.2) is 9.84 Å². The normalized spacial score (nSPS) is 12.0. The third kappa shape index (κ3) is 5.55. The molecule has 0 saturated carbocycles. The molecule has 0 aliphatic rings. The van der Waals surface area contributed by atoms with Crippen molar-refractivity contribution in [1.82, 2.24) is 0 Å². The van der Waals surface area contributed by atoms with Crippen molar-refractivity contribution < 1.29 is 35.5 Å². The average molecular weight is 340 g/mol. The fourth-order valence-electron chi connectivity index (χ4n) is 1.31. The molecule has 0 heterocycles. The number of phenols is 1. The van der Waals surface area contributed by atoms with Crippen molar-refractivity contribution in [1.29, 1.82) is 0 Å². The maximum atomic E-state index is 11.9. The summed E-state index contributed by atoms with van der Waals surface area (Å²) in [5.74, 6) is -1.14. The molecule has 0 spiro atoms. The van der Waals surface area contributed by atoms with Crippen molar-refractivity contribution in [2.45, 2.75) is 4.90 Å². The Morgan fingerprint density at radius 2 is 1.90 bits per heavy atom. The highest BCUT2D eigenvalue weighted by Gasteiger charge is 2.18. The molecule has 1 aromatic carbocycles. The monoisotopic (exact) mass is 340 g/mol. The summed E-state index contributed by atoms with van der Waals surface area (Å²) in [6, 6.07) is 2.00. The van der Waals surface area contributed by atoms with Crippen LogP contribution in [0.3, 0.4) is 0 Å². The molecule has 2 amide bonds. The van der Waals surface area contributed by atoms with Gasteiger partial charge in [-0.05, 0) is 18.2 Å². The smallest absolute Gasteiger partial charge is 0.397 e. The van der Waals surface area contributed by atoms with E-state index in [1.165, 1.54) is 0 Å². The first-order valence-corrected chi connectivity index (χ1v) is 8.27. The number of primary amides is 1. The first kappa shape index (κ1) is 17.2. The molecule has 0 aliphatic heterocycles. The van der Waals surface area contributed by atoms with E-state index < -0.39 is 44.4 Å². The summed E-state index contributed by atoms with van der Waals surface area (Å²) in [4.78, 5) is 10.4. The zero-order valence-electron chi connectivity index (χ0n) is 10.4. The fraction of sp³-hybridized carbons (Fsp3) is 0.222. The SMILES string of the molecule is NC(=O)Nc1cc(S(=O)(=O)CCOS(=O)(=O)O)ccc1O. The lowest BCUT2D eigenvalue weighted by molar-refractivity contribution is 0.259. The van der Waals surface area contributed by atoms with Gasteiger partial charge in [-0.3, -0.25) is 4.55 Å². The fourth-order valence-corrected chi connectivity index (χ4v) is 2.82. The summed E-state index contributed by atoms with van der Waals surface area (Å²) < 4.78 is 56.6. The van der Waals surface area contributed by atoms with Crippen molar-refractivity contribution in [3.8, 4) is 5.75 Å². The lowest BCUT2D eigenvalue weighted by Crippen LogP contribution is -2.20. The summed E-state index contributed by atoms with van der Waals surface area (Å²) >= 11 is 0. The standard InChI is InChI=1S/C9H12N2O8S2/c10-9(13)11-7-5-6(1-2-8(7)12)20(14,15)4-3-19-21(16,17)18/h1-2,5,12H,3-4H2,(H3,10,11,13)(H,16,17,18). The molecular formula is C9H12N2O8S2. The van der Waals surface area contributed by atoms with Crippen LogP contribution in [-0.2, 0) is 24.4 Å². The van der Waals surface area contributed by atoms with Crippen molar-refractivity contribution in [2.24, 2.45) is 5.73 Å². The summed E-state index contributed by atoms with van der Waals surface area (Å²) in [6.45, 7) is -0.791. The molecule has 10 nitrogen and oxygen atoms in total. The van der Waals surface area contributed by atoms with E-state index in [2.05, 4.69) is 4.18 Å². The van der Waals surface area contributed by atoms with Crippen LogP contribution in [0.1, 0.15) is 0 Å². The van der Waals surface area contributed by atoms with Crippen molar-refractivity contribution in [2.75, 3.05) is 17.7 Å². The first-order valence-electron chi connectivity index (χ1n) is 5.25. The van der Waals surface area contributed by atoms with E-state index in [1.54, 1.807) is 0 Å². The summed E-state index contributed by atoms with van der Waals surface area (Å²) in [5.41, 5.74) is 4.63. The van der Waals surface area contributed by atoms with Gasteiger partial charge < -0.3 is 16.2 Å². The number of hydrogen-bond acceptors (Lipinski definition) is 7. The number of sulfone groups is 1. The number of nitrogens with two attached hydrogens (primary N) is 1. The van der Waals surface area contributed by atoms with Gasteiger partial charge in [0.1, 0.15) is 5.75 Å².